The van der Waals surface area contributed by atoms with Crippen LogP contribution in [0.3, 0.4) is 0 Å². The maximum atomic E-state index is 11.1. The van der Waals surface area contributed by atoms with Crippen LogP contribution in [0.25, 0.3) is 0 Å². The molecule has 0 unspecified atom stereocenters. The van der Waals surface area contributed by atoms with Crippen LogP contribution in [0.1, 0.15) is 95.6 Å². The summed E-state index contributed by atoms with van der Waals surface area (Å²) in [5.74, 6) is 0.419. The van der Waals surface area contributed by atoms with E-state index in [0.717, 1.165) is 43.2 Å². The zero-order chi connectivity index (χ0) is 20.8. The van der Waals surface area contributed by atoms with E-state index in [2.05, 4.69) is 31.5 Å². The summed E-state index contributed by atoms with van der Waals surface area (Å²) in [6, 6.07) is 5.87. The summed E-state index contributed by atoms with van der Waals surface area (Å²) in [4.78, 5) is 23.2. The Labute approximate surface area is 196 Å². The van der Waals surface area contributed by atoms with Gasteiger partial charge >= 0.3 is 37.4 Å². The summed E-state index contributed by atoms with van der Waals surface area (Å²) >= 11 is 0. The molecule has 1 fully saturated rings. The van der Waals surface area contributed by atoms with E-state index in [1.54, 1.807) is 0 Å². The van der Waals surface area contributed by atoms with Gasteiger partial charge in [0.1, 0.15) is 0 Å². The summed E-state index contributed by atoms with van der Waals surface area (Å²) in [6.07, 6.45) is 8.63. The average molecular weight is 438 g/mol. The summed E-state index contributed by atoms with van der Waals surface area (Å²) in [6.45, 7) is 6.54. The predicted octanol–water partition coefficient (Wildman–Crippen LogP) is 4.71. The van der Waals surface area contributed by atoms with Gasteiger partial charge in [0, 0.05) is 5.56 Å². The number of hydrogen-bond acceptors (Lipinski definition) is 4. The first-order chi connectivity index (χ1) is 13.1. The molecule has 1 aromatic rings. The number of benzene rings is 1. The summed E-state index contributed by atoms with van der Waals surface area (Å²) < 4.78 is 15.5. The van der Waals surface area contributed by atoms with Gasteiger partial charge in [-0.25, -0.2) is 4.57 Å². The van der Waals surface area contributed by atoms with Gasteiger partial charge in [0.15, 0.2) is 5.75 Å². The molecule has 0 aliphatic heterocycles. The Morgan fingerprint density at radius 2 is 1.90 bits per heavy atom. The third kappa shape index (κ3) is 9.00. The second kappa shape index (κ2) is 12.2. The first kappa shape index (κ1) is 27.1. The van der Waals surface area contributed by atoms with Crippen molar-refractivity contribution in [1.29, 1.82) is 0 Å². The van der Waals surface area contributed by atoms with Gasteiger partial charge in [0.2, 0.25) is 0 Å². The molecule has 29 heavy (non-hydrogen) atoms. The van der Waals surface area contributed by atoms with E-state index in [1.807, 2.05) is 12.1 Å². The zero-order valence-electron chi connectivity index (χ0n) is 17.3. The van der Waals surface area contributed by atoms with Gasteiger partial charge in [0.05, 0.1) is 6.10 Å². The average Bonchev–Trinajstić information content (AvgIpc) is 2.63. The number of rotatable bonds is 10. The molecule has 0 amide bonds. The van der Waals surface area contributed by atoms with Crippen molar-refractivity contribution in [2.24, 2.45) is 0 Å². The maximum absolute atomic E-state index is 11.1. The van der Waals surface area contributed by atoms with Crippen molar-refractivity contribution in [2.45, 2.75) is 96.0 Å². The molecule has 0 spiro atoms. The van der Waals surface area contributed by atoms with E-state index in [-0.39, 0.29) is 47.0 Å². The van der Waals surface area contributed by atoms with Gasteiger partial charge < -0.3 is 19.8 Å². The van der Waals surface area contributed by atoms with Crippen LogP contribution in [0.5, 0.6) is 5.75 Å². The summed E-state index contributed by atoms with van der Waals surface area (Å²) in [5.41, 5.74) is 1.80. The molecule has 0 heterocycles. The molecule has 1 saturated carbocycles. The molecule has 162 valence electrons. The molecular formula is C21H36NaO6P. The Bertz CT molecular complexity index is 675. The van der Waals surface area contributed by atoms with Gasteiger partial charge in [-0.3, -0.25) is 0 Å². The van der Waals surface area contributed by atoms with Crippen molar-refractivity contribution < 1.29 is 29.0 Å². The number of aliphatic hydroxyl groups excluding tert-OH is 1. The number of aliphatic hydroxyl groups is 1. The second-order valence-electron chi connectivity index (χ2n) is 8.61. The molecule has 2 atom stereocenters. The summed E-state index contributed by atoms with van der Waals surface area (Å²) in [7, 11) is -4.76. The van der Waals surface area contributed by atoms with Gasteiger partial charge in [-0.2, -0.15) is 0 Å². The molecule has 3 N–H and O–H groups in total. The Hall–Kier alpha value is 0.0900. The zero-order valence-corrected chi connectivity index (χ0v) is 18.2. The quantitative estimate of drug-likeness (QED) is 0.161. The van der Waals surface area contributed by atoms with Crippen LogP contribution in [-0.2, 0) is 14.7 Å². The standard InChI is InChI=1S/C21H35O6P.Na.H/c1-4-5-6-7-13-21(2,3)17-11-12-19(16-9-8-10-18(22)14-16)20(15-17)26-27-28(23,24)25;;/h11-12,15-16,18,22H,4-10,13-14H2,1-3H3,(H2,23,24,25);;/t16-,18+;;/m0../s1. The third-order valence-electron chi connectivity index (χ3n) is 5.76. The van der Waals surface area contributed by atoms with Crippen LogP contribution < -0.4 is 4.89 Å². The number of phosphoric acid groups is 1. The Morgan fingerprint density at radius 1 is 1.17 bits per heavy atom. The molecular weight excluding hydrogens is 402 g/mol. The van der Waals surface area contributed by atoms with Gasteiger partial charge in [0.25, 0.3) is 0 Å². The topological polar surface area (TPSA) is 96.2 Å². The van der Waals surface area contributed by atoms with E-state index in [9.17, 15) is 9.67 Å². The number of unbranched alkanes of at least 4 members (excludes halogenated alkanes) is 3. The molecule has 6 nitrogen and oxygen atoms in total. The molecule has 1 aromatic carbocycles. The van der Waals surface area contributed by atoms with Crippen LogP contribution in [0.2, 0.25) is 0 Å². The van der Waals surface area contributed by atoms with Gasteiger partial charge in [-0.15, -0.1) is 0 Å². The third-order valence-corrected chi connectivity index (χ3v) is 6.03. The van der Waals surface area contributed by atoms with Crippen LogP contribution in [0.4, 0.5) is 0 Å². The SMILES string of the molecule is CCCCCCC(C)(C)c1ccc([C@H]2CCC[C@@H](O)C2)c(OOP(=O)(O)O)c1.[NaH]. The minimum atomic E-state index is -4.76. The fourth-order valence-corrected chi connectivity index (χ4v) is 4.22. The van der Waals surface area contributed by atoms with E-state index >= 15 is 0 Å². The molecule has 2 rings (SSSR count). The molecule has 0 bridgehead atoms. The van der Waals surface area contributed by atoms with Crippen LogP contribution >= 0.6 is 7.82 Å². The molecule has 1 aliphatic carbocycles. The minimum absolute atomic E-state index is 0. The first-order valence-corrected chi connectivity index (χ1v) is 11.9. The predicted molar refractivity (Wildman–Crippen MR) is 116 cm³/mol. The van der Waals surface area contributed by atoms with Crippen molar-refractivity contribution in [3.8, 4) is 5.75 Å². The monoisotopic (exact) mass is 438 g/mol. The fraction of sp³-hybridized carbons (Fsp3) is 0.714. The van der Waals surface area contributed by atoms with E-state index < -0.39 is 7.82 Å². The molecule has 0 aromatic heterocycles. The summed E-state index contributed by atoms with van der Waals surface area (Å²) in [5, 5.41) is 10.0. The van der Waals surface area contributed by atoms with Crippen molar-refractivity contribution in [1.82, 2.24) is 0 Å². The first-order valence-electron chi connectivity index (χ1n) is 10.4. The molecule has 0 radical (unpaired) electrons. The van der Waals surface area contributed by atoms with Crippen molar-refractivity contribution >= 4 is 37.4 Å². The second-order valence-corrected chi connectivity index (χ2v) is 9.74. The Morgan fingerprint density at radius 3 is 2.52 bits per heavy atom. The number of hydrogen-bond donors (Lipinski definition) is 3. The van der Waals surface area contributed by atoms with E-state index in [0.29, 0.717) is 12.2 Å². The van der Waals surface area contributed by atoms with E-state index in [4.69, 9.17) is 14.7 Å². The van der Waals surface area contributed by atoms with Crippen molar-refractivity contribution in [3.05, 3.63) is 29.3 Å². The van der Waals surface area contributed by atoms with Crippen molar-refractivity contribution in [3.63, 3.8) is 0 Å². The van der Waals surface area contributed by atoms with Crippen LogP contribution in [-0.4, -0.2) is 50.6 Å². The molecule has 8 heteroatoms. The molecule has 0 saturated heterocycles. The molecule has 1 aliphatic rings. The van der Waals surface area contributed by atoms with Crippen molar-refractivity contribution in [2.75, 3.05) is 0 Å². The Balaban J connectivity index is 0.00000420. The van der Waals surface area contributed by atoms with Gasteiger partial charge in [-0.05, 0) is 48.6 Å². The Kier molecular flexibility index (Phi) is 11.4. The normalized spacial score (nSPS) is 20.2. The van der Waals surface area contributed by atoms with Crippen LogP contribution in [0, 0.1) is 0 Å². The van der Waals surface area contributed by atoms with Crippen LogP contribution in [0.15, 0.2) is 18.2 Å². The van der Waals surface area contributed by atoms with E-state index in [1.165, 1.54) is 19.3 Å². The fourth-order valence-electron chi connectivity index (χ4n) is 4.04. The van der Waals surface area contributed by atoms with Gasteiger partial charge in [-0.1, -0.05) is 69.7 Å².